The van der Waals surface area contributed by atoms with Crippen molar-refractivity contribution in [3.8, 4) is 0 Å². The average molecular weight is 245 g/mol. The highest BCUT2D eigenvalue weighted by atomic mass is 79.9. The molecule has 1 heterocycles. The van der Waals surface area contributed by atoms with Gasteiger partial charge in [0.1, 0.15) is 5.76 Å². The Bertz CT molecular complexity index is 297. The number of esters is 1. The standard InChI is InChI=1S/C9H9BrO3/c1-6(5-10)7-3-4-8(13-7)9(11)12-2/h3-4H,1,5H2,2H3. The molecule has 0 bridgehead atoms. The molecule has 0 aliphatic carbocycles. The van der Waals surface area contributed by atoms with E-state index in [2.05, 4.69) is 27.2 Å². The summed E-state index contributed by atoms with van der Waals surface area (Å²) < 4.78 is 9.67. The van der Waals surface area contributed by atoms with Gasteiger partial charge in [-0.2, -0.15) is 0 Å². The fourth-order valence-electron chi connectivity index (χ4n) is 0.804. The van der Waals surface area contributed by atoms with Gasteiger partial charge in [-0.05, 0) is 17.7 Å². The zero-order valence-electron chi connectivity index (χ0n) is 7.17. The zero-order valence-corrected chi connectivity index (χ0v) is 8.76. The van der Waals surface area contributed by atoms with Crippen LogP contribution in [-0.4, -0.2) is 18.4 Å². The Morgan fingerprint density at radius 3 is 2.77 bits per heavy atom. The number of ether oxygens (including phenoxy) is 1. The number of halogens is 1. The van der Waals surface area contributed by atoms with E-state index in [1.54, 1.807) is 12.1 Å². The van der Waals surface area contributed by atoms with Crippen LogP contribution in [0.4, 0.5) is 0 Å². The number of carbonyl (C=O) groups excluding carboxylic acids is 1. The minimum absolute atomic E-state index is 0.194. The lowest BCUT2D eigenvalue weighted by Gasteiger charge is -1.95. The third-order valence-corrected chi connectivity index (χ3v) is 2.18. The van der Waals surface area contributed by atoms with Gasteiger partial charge >= 0.3 is 5.97 Å². The Kier molecular flexibility index (Phi) is 3.31. The number of alkyl halides is 1. The van der Waals surface area contributed by atoms with Crippen molar-refractivity contribution in [3.63, 3.8) is 0 Å². The van der Waals surface area contributed by atoms with E-state index in [0.717, 1.165) is 5.57 Å². The number of methoxy groups -OCH3 is 1. The molecule has 1 rings (SSSR count). The summed E-state index contributed by atoms with van der Waals surface area (Å²) in [5.41, 5.74) is 0.787. The highest BCUT2D eigenvalue weighted by molar-refractivity contribution is 9.09. The predicted molar refractivity (Wildman–Crippen MR) is 52.9 cm³/mol. The van der Waals surface area contributed by atoms with Crippen LogP contribution in [0, 0.1) is 0 Å². The van der Waals surface area contributed by atoms with E-state index in [4.69, 9.17) is 4.42 Å². The zero-order chi connectivity index (χ0) is 9.84. The Morgan fingerprint density at radius 2 is 2.23 bits per heavy atom. The third-order valence-electron chi connectivity index (χ3n) is 1.50. The van der Waals surface area contributed by atoms with Crippen molar-refractivity contribution >= 4 is 27.5 Å². The quantitative estimate of drug-likeness (QED) is 0.606. The maximum Gasteiger partial charge on any atom is 0.373 e. The highest BCUT2D eigenvalue weighted by Gasteiger charge is 2.11. The SMILES string of the molecule is C=C(CBr)c1ccc(C(=O)OC)o1. The molecule has 0 fully saturated rings. The Balaban J connectivity index is 2.86. The normalized spacial score (nSPS) is 9.69. The van der Waals surface area contributed by atoms with Gasteiger partial charge in [0.05, 0.1) is 7.11 Å². The molecule has 3 nitrogen and oxygen atoms in total. The summed E-state index contributed by atoms with van der Waals surface area (Å²) in [6.07, 6.45) is 0. The summed E-state index contributed by atoms with van der Waals surface area (Å²) in [5.74, 6) is 0.311. The van der Waals surface area contributed by atoms with E-state index in [9.17, 15) is 4.79 Å². The van der Waals surface area contributed by atoms with Gasteiger partial charge in [-0.3, -0.25) is 0 Å². The lowest BCUT2D eigenvalue weighted by Crippen LogP contribution is -1.98. The monoisotopic (exact) mass is 244 g/mol. The van der Waals surface area contributed by atoms with Crippen LogP contribution >= 0.6 is 15.9 Å². The van der Waals surface area contributed by atoms with Crippen LogP contribution in [-0.2, 0) is 4.74 Å². The molecular formula is C9H9BrO3. The van der Waals surface area contributed by atoms with Gasteiger partial charge < -0.3 is 9.15 Å². The lowest BCUT2D eigenvalue weighted by atomic mass is 10.3. The molecule has 0 radical (unpaired) electrons. The number of rotatable bonds is 3. The second-order valence-electron chi connectivity index (χ2n) is 2.39. The minimum atomic E-state index is -0.478. The summed E-state index contributed by atoms with van der Waals surface area (Å²) in [6, 6.07) is 3.25. The van der Waals surface area contributed by atoms with Crippen LogP contribution in [0.5, 0.6) is 0 Å². The van der Waals surface area contributed by atoms with E-state index in [-0.39, 0.29) is 5.76 Å². The van der Waals surface area contributed by atoms with Gasteiger partial charge in [-0.15, -0.1) is 0 Å². The molecule has 1 aromatic heterocycles. The van der Waals surface area contributed by atoms with Gasteiger partial charge in [-0.1, -0.05) is 22.5 Å². The van der Waals surface area contributed by atoms with Crippen molar-refractivity contribution < 1.29 is 13.9 Å². The van der Waals surface area contributed by atoms with Crippen LogP contribution in [0.15, 0.2) is 23.1 Å². The molecule has 0 aliphatic rings. The van der Waals surface area contributed by atoms with E-state index < -0.39 is 5.97 Å². The minimum Gasteiger partial charge on any atom is -0.463 e. The van der Waals surface area contributed by atoms with Crippen molar-refractivity contribution in [1.82, 2.24) is 0 Å². The largest absolute Gasteiger partial charge is 0.463 e. The van der Waals surface area contributed by atoms with Crippen LogP contribution in [0.25, 0.3) is 5.57 Å². The maximum absolute atomic E-state index is 11.0. The van der Waals surface area contributed by atoms with Crippen molar-refractivity contribution in [3.05, 3.63) is 30.2 Å². The summed E-state index contributed by atoms with van der Waals surface area (Å²) in [4.78, 5) is 11.0. The van der Waals surface area contributed by atoms with E-state index in [1.165, 1.54) is 7.11 Å². The molecule has 0 atom stereocenters. The van der Waals surface area contributed by atoms with Gasteiger partial charge in [0.15, 0.2) is 0 Å². The topological polar surface area (TPSA) is 39.4 Å². The molecular weight excluding hydrogens is 236 g/mol. The molecule has 0 aromatic carbocycles. The second-order valence-corrected chi connectivity index (χ2v) is 2.95. The van der Waals surface area contributed by atoms with Crippen LogP contribution in [0.1, 0.15) is 16.3 Å². The van der Waals surface area contributed by atoms with Crippen molar-refractivity contribution in [2.24, 2.45) is 0 Å². The number of allylic oxidation sites excluding steroid dienone is 1. The molecule has 70 valence electrons. The van der Waals surface area contributed by atoms with E-state index >= 15 is 0 Å². The molecule has 0 aliphatic heterocycles. The molecule has 0 spiro atoms. The fourth-order valence-corrected chi connectivity index (χ4v) is 1.08. The average Bonchev–Trinajstić information content (AvgIpc) is 2.64. The highest BCUT2D eigenvalue weighted by Crippen LogP contribution is 2.18. The van der Waals surface area contributed by atoms with Gasteiger partial charge in [0.2, 0.25) is 5.76 Å². The molecule has 0 unspecified atom stereocenters. The number of hydrogen-bond acceptors (Lipinski definition) is 3. The van der Waals surface area contributed by atoms with Crippen LogP contribution in [0.2, 0.25) is 0 Å². The molecule has 0 N–H and O–H groups in total. The number of hydrogen-bond donors (Lipinski definition) is 0. The molecule has 1 aromatic rings. The van der Waals surface area contributed by atoms with Gasteiger partial charge in [0.25, 0.3) is 0 Å². The Labute approximate surface area is 84.5 Å². The third kappa shape index (κ3) is 2.21. The van der Waals surface area contributed by atoms with Gasteiger partial charge in [0, 0.05) is 5.33 Å². The number of carbonyl (C=O) groups is 1. The summed E-state index contributed by atoms with van der Waals surface area (Å²) in [7, 11) is 1.31. The first-order valence-electron chi connectivity index (χ1n) is 3.61. The van der Waals surface area contributed by atoms with Crippen molar-refractivity contribution in [2.75, 3.05) is 12.4 Å². The van der Waals surface area contributed by atoms with Crippen LogP contribution in [0.3, 0.4) is 0 Å². The number of furan rings is 1. The predicted octanol–water partition coefficient (Wildman–Crippen LogP) is 2.47. The van der Waals surface area contributed by atoms with Crippen molar-refractivity contribution in [1.29, 1.82) is 0 Å². The lowest BCUT2D eigenvalue weighted by molar-refractivity contribution is 0.0564. The first-order chi connectivity index (χ1) is 6.19. The van der Waals surface area contributed by atoms with Gasteiger partial charge in [-0.25, -0.2) is 4.79 Å². The fraction of sp³-hybridized carbons (Fsp3) is 0.222. The summed E-state index contributed by atoms with van der Waals surface area (Å²) in [6.45, 7) is 3.75. The second kappa shape index (κ2) is 4.28. The van der Waals surface area contributed by atoms with E-state index in [0.29, 0.717) is 11.1 Å². The molecule has 0 saturated carbocycles. The maximum atomic E-state index is 11.0. The summed E-state index contributed by atoms with van der Waals surface area (Å²) in [5, 5.41) is 0.612. The first-order valence-corrected chi connectivity index (χ1v) is 4.73. The Hall–Kier alpha value is -1.03. The molecule has 0 saturated heterocycles. The molecule has 13 heavy (non-hydrogen) atoms. The summed E-state index contributed by atoms with van der Waals surface area (Å²) >= 11 is 3.24. The molecule has 0 amide bonds. The first kappa shape index (κ1) is 10.1. The Morgan fingerprint density at radius 1 is 1.62 bits per heavy atom. The van der Waals surface area contributed by atoms with Crippen molar-refractivity contribution in [2.45, 2.75) is 0 Å². The molecule has 4 heteroatoms. The van der Waals surface area contributed by atoms with E-state index in [1.807, 2.05) is 0 Å². The smallest absolute Gasteiger partial charge is 0.373 e. The van der Waals surface area contributed by atoms with Crippen LogP contribution < -0.4 is 0 Å².